The van der Waals surface area contributed by atoms with Crippen LogP contribution in [0.4, 0.5) is 0 Å². The van der Waals surface area contributed by atoms with Gasteiger partial charge in [-0.25, -0.2) is 4.79 Å². The third kappa shape index (κ3) is 4.31. The minimum absolute atomic E-state index is 0.262. The number of allylic oxidation sites excluding steroid dienone is 1. The van der Waals surface area contributed by atoms with E-state index in [0.717, 1.165) is 0 Å². The Hall–Kier alpha value is -1.77. The van der Waals surface area contributed by atoms with E-state index in [4.69, 9.17) is 9.47 Å². The summed E-state index contributed by atoms with van der Waals surface area (Å²) >= 11 is 0. The molecule has 0 aromatic heterocycles. The molecule has 0 bridgehead atoms. The molecule has 0 aliphatic carbocycles. The molecule has 0 radical (unpaired) electrons. The summed E-state index contributed by atoms with van der Waals surface area (Å²) in [5.41, 5.74) is 0.559. The van der Waals surface area contributed by atoms with Crippen molar-refractivity contribution >= 4 is 5.97 Å². The maximum atomic E-state index is 11.4. The summed E-state index contributed by atoms with van der Waals surface area (Å²) in [6.07, 6.45) is 3.34. The highest BCUT2D eigenvalue weighted by Gasteiger charge is 2.04. The van der Waals surface area contributed by atoms with E-state index in [1.165, 1.54) is 0 Å². The molecule has 1 rings (SSSR count). The molecule has 0 saturated heterocycles. The van der Waals surface area contributed by atoms with Gasteiger partial charge in [0.15, 0.2) is 0 Å². The van der Waals surface area contributed by atoms with Crippen molar-refractivity contribution in [3.05, 3.63) is 48.2 Å². The molecule has 3 nitrogen and oxygen atoms in total. The first kappa shape index (κ1) is 11.3. The first-order chi connectivity index (χ1) is 7.34. The van der Waals surface area contributed by atoms with Crippen molar-refractivity contribution < 1.29 is 14.3 Å². The maximum absolute atomic E-state index is 11.4. The van der Waals surface area contributed by atoms with E-state index in [0.29, 0.717) is 12.2 Å². The van der Waals surface area contributed by atoms with E-state index in [-0.39, 0.29) is 12.6 Å². The van der Waals surface area contributed by atoms with Gasteiger partial charge in [0.1, 0.15) is 13.2 Å². The Bertz CT molecular complexity index is 317. The fourth-order valence-corrected chi connectivity index (χ4v) is 1.00. The normalized spacial score (nSPS) is 10.2. The second-order valence-corrected chi connectivity index (χ2v) is 2.84. The second kappa shape index (κ2) is 6.65. The van der Waals surface area contributed by atoms with Crippen LogP contribution in [0.15, 0.2) is 42.7 Å². The molecule has 15 heavy (non-hydrogen) atoms. The van der Waals surface area contributed by atoms with Crippen LogP contribution in [0.25, 0.3) is 0 Å². The van der Waals surface area contributed by atoms with Gasteiger partial charge in [-0.1, -0.05) is 24.3 Å². The predicted octanol–water partition coefficient (Wildman–Crippen LogP) is 2.39. The Morgan fingerprint density at radius 1 is 1.27 bits per heavy atom. The first-order valence-corrected chi connectivity index (χ1v) is 4.79. The van der Waals surface area contributed by atoms with Crippen LogP contribution >= 0.6 is 0 Å². The van der Waals surface area contributed by atoms with Gasteiger partial charge >= 0.3 is 5.97 Å². The fourth-order valence-electron chi connectivity index (χ4n) is 1.00. The summed E-state index contributed by atoms with van der Waals surface area (Å²) in [7, 11) is 0. The van der Waals surface area contributed by atoms with Gasteiger partial charge in [-0.15, -0.1) is 0 Å². The molecule has 0 aliphatic heterocycles. The minimum atomic E-state index is -0.320. The van der Waals surface area contributed by atoms with Gasteiger partial charge in [0.25, 0.3) is 0 Å². The fraction of sp³-hybridized carbons (Fsp3) is 0.250. The molecule has 3 heteroatoms. The average molecular weight is 206 g/mol. The minimum Gasteiger partial charge on any atom is -0.498 e. The summed E-state index contributed by atoms with van der Waals surface area (Å²) in [6.45, 7) is 2.50. The highest BCUT2D eigenvalue weighted by molar-refractivity contribution is 5.89. The zero-order chi connectivity index (χ0) is 10.9. The smallest absolute Gasteiger partial charge is 0.338 e. The predicted molar refractivity (Wildman–Crippen MR) is 57.5 cm³/mol. The van der Waals surface area contributed by atoms with E-state index >= 15 is 0 Å². The third-order valence-electron chi connectivity index (χ3n) is 1.68. The Kier molecular flexibility index (Phi) is 5.01. The largest absolute Gasteiger partial charge is 0.498 e. The van der Waals surface area contributed by atoms with E-state index in [9.17, 15) is 4.79 Å². The van der Waals surface area contributed by atoms with E-state index in [2.05, 4.69) is 0 Å². The molecule has 0 heterocycles. The molecular formula is C12H14O3. The van der Waals surface area contributed by atoms with Crippen LogP contribution in [0.3, 0.4) is 0 Å². The molecule has 0 saturated carbocycles. The quantitative estimate of drug-likeness (QED) is 0.421. The SMILES string of the molecule is CC=COCCOC(=O)c1ccccc1. The van der Waals surface area contributed by atoms with E-state index in [1.807, 2.05) is 13.0 Å². The number of benzene rings is 1. The first-order valence-electron chi connectivity index (χ1n) is 4.79. The lowest BCUT2D eigenvalue weighted by molar-refractivity contribution is 0.0420. The number of esters is 1. The average Bonchev–Trinajstić information content (AvgIpc) is 2.30. The number of hydrogen-bond acceptors (Lipinski definition) is 3. The van der Waals surface area contributed by atoms with E-state index < -0.39 is 0 Å². The number of carbonyl (C=O) groups is 1. The molecule has 80 valence electrons. The molecule has 0 unspecified atom stereocenters. The summed E-state index contributed by atoms with van der Waals surface area (Å²) in [4.78, 5) is 11.4. The standard InChI is InChI=1S/C12H14O3/c1-2-8-14-9-10-15-12(13)11-6-4-3-5-7-11/h2-8H,9-10H2,1H3. The van der Waals surface area contributed by atoms with Gasteiger partial charge in [0.2, 0.25) is 0 Å². The Morgan fingerprint density at radius 3 is 2.67 bits per heavy atom. The maximum Gasteiger partial charge on any atom is 0.338 e. The van der Waals surface area contributed by atoms with Crippen LogP contribution in [0.2, 0.25) is 0 Å². The molecule has 1 aromatic rings. The molecule has 0 aliphatic rings. The van der Waals surface area contributed by atoms with Crippen LogP contribution in [0.5, 0.6) is 0 Å². The van der Waals surface area contributed by atoms with Crippen molar-refractivity contribution in [3.63, 3.8) is 0 Å². The third-order valence-corrected chi connectivity index (χ3v) is 1.68. The van der Waals surface area contributed by atoms with Crippen molar-refractivity contribution in [1.29, 1.82) is 0 Å². The number of rotatable bonds is 5. The lowest BCUT2D eigenvalue weighted by Crippen LogP contribution is -2.09. The van der Waals surface area contributed by atoms with Crippen molar-refractivity contribution in [2.75, 3.05) is 13.2 Å². The zero-order valence-corrected chi connectivity index (χ0v) is 8.68. The molecule has 0 atom stereocenters. The van der Waals surface area contributed by atoms with Crippen molar-refractivity contribution in [2.24, 2.45) is 0 Å². The lowest BCUT2D eigenvalue weighted by Gasteiger charge is -2.04. The van der Waals surface area contributed by atoms with E-state index in [1.54, 1.807) is 36.6 Å². The number of carbonyl (C=O) groups excluding carboxylic acids is 1. The van der Waals surface area contributed by atoms with Crippen LogP contribution in [-0.2, 0) is 9.47 Å². The summed E-state index contributed by atoms with van der Waals surface area (Å²) in [5.74, 6) is -0.320. The Morgan fingerprint density at radius 2 is 2.00 bits per heavy atom. The number of hydrogen-bond donors (Lipinski definition) is 0. The van der Waals surface area contributed by atoms with Crippen LogP contribution in [-0.4, -0.2) is 19.2 Å². The van der Waals surface area contributed by atoms with Crippen LogP contribution in [0, 0.1) is 0 Å². The van der Waals surface area contributed by atoms with Crippen LogP contribution in [0.1, 0.15) is 17.3 Å². The Labute approximate surface area is 89.3 Å². The van der Waals surface area contributed by atoms with Crippen LogP contribution < -0.4 is 0 Å². The van der Waals surface area contributed by atoms with Gasteiger partial charge < -0.3 is 9.47 Å². The zero-order valence-electron chi connectivity index (χ0n) is 8.68. The Balaban J connectivity index is 2.25. The highest BCUT2D eigenvalue weighted by atomic mass is 16.6. The molecule has 0 N–H and O–H groups in total. The van der Waals surface area contributed by atoms with Gasteiger partial charge in [-0.3, -0.25) is 0 Å². The van der Waals surface area contributed by atoms with Gasteiger partial charge in [0, 0.05) is 0 Å². The topological polar surface area (TPSA) is 35.5 Å². The monoisotopic (exact) mass is 206 g/mol. The summed E-state index contributed by atoms with van der Waals surface area (Å²) in [6, 6.07) is 8.88. The lowest BCUT2D eigenvalue weighted by atomic mass is 10.2. The van der Waals surface area contributed by atoms with Gasteiger partial charge in [-0.05, 0) is 19.1 Å². The van der Waals surface area contributed by atoms with Crippen molar-refractivity contribution in [1.82, 2.24) is 0 Å². The molecule has 0 amide bonds. The molecule has 1 aromatic carbocycles. The number of ether oxygens (including phenoxy) is 2. The highest BCUT2D eigenvalue weighted by Crippen LogP contribution is 2.00. The molecule has 0 spiro atoms. The second-order valence-electron chi connectivity index (χ2n) is 2.84. The van der Waals surface area contributed by atoms with Gasteiger partial charge in [0.05, 0.1) is 11.8 Å². The van der Waals surface area contributed by atoms with Crippen molar-refractivity contribution in [3.8, 4) is 0 Å². The molecular weight excluding hydrogens is 192 g/mol. The summed E-state index contributed by atoms with van der Waals surface area (Å²) < 4.78 is 9.99. The summed E-state index contributed by atoms with van der Waals surface area (Å²) in [5, 5.41) is 0. The van der Waals surface area contributed by atoms with Gasteiger partial charge in [-0.2, -0.15) is 0 Å². The molecule has 0 fully saturated rings. The van der Waals surface area contributed by atoms with Crippen molar-refractivity contribution in [2.45, 2.75) is 6.92 Å².